The maximum absolute atomic E-state index is 12.6. The lowest BCUT2D eigenvalue weighted by Crippen LogP contribution is -2.28. The van der Waals surface area contributed by atoms with E-state index < -0.39 is 0 Å². The first-order valence-electron chi connectivity index (χ1n) is 8.66. The Labute approximate surface area is 169 Å². The number of thioether (sulfide) groups is 1. The molecule has 1 amide bonds. The molecule has 6 heteroatoms. The number of carbonyl (C=O) groups excluding carboxylic acids is 1. The molecule has 0 radical (unpaired) electrons. The third kappa shape index (κ3) is 5.37. The Balaban J connectivity index is 1.68. The number of hydrogen-bond donors (Lipinski definition) is 0. The molecule has 140 valence electrons. The Bertz CT molecular complexity index is 880. The summed E-state index contributed by atoms with van der Waals surface area (Å²) in [5.74, 6) is 0.498. The third-order valence-electron chi connectivity index (χ3n) is 4.25. The highest BCUT2D eigenvalue weighted by Crippen LogP contribution is 2.36. The molecule has 0 saturated heterocycles. The van der Waals surface area contributed by atoms with Crippen molar-refractivity contribution in [1.29, 1.82) is 0 Å². The second-order valence-corrected chi connectivity index (χ2v) is 7.96. The van der Waals surface area contributed by atoms with E-state index in [9.17, 15) is 4.79 Å². The van der Waals surface area contributed by atoms with Crippen LogP contribution < -0.4 is 0 Å². The molecule has 0 unspecified atom stereocenters. The van der Waals surface area contributed by atoms with Gasteiger partial charge >= 0.3 is 0 Å². The molecule has 2 aromatic carbocycles. The molecule has 0 spiro atoms. The topological polar surface area (TPSA) is 38.1 Å². The van der Waals surface area contributed by atoms with E-state index in [1.165, 1.54) is 5.56 Å². The van der Waals surface area contributed by atoms with Crippen LogP contribution in [0.3, 0.4) is 0 Å². The van der Waals surface area contributed by atoms with Gasteiger partial charge in [-0.05, 0) is 23.3 Å². The van der Waals surface area contributed by atoms with Gasteiger partial charge in [-0.15, -0.1) is 11.8 Å². The second-order valence-electron chi connectivity index (χ2n) is 6.43. The highest BCUT2D eigenvalue weighted by Gasteiger charge is 2.18. The third-order valence-corrected chi connectivity index (χ3v) is 5.80. The SMILES string of the molecule is CN(Cc1cnn(C)c1)C(=O)CS[C@@H](c1ccccc1)c1ccc(Cl)cc1. The Morgan fingerprint density at radius 3 is 2.44 bits per heavy atom. The molecule has 0 saturated carbocycles. The Morgan fingerprint density at radius 2 is 1.81 bits per heavy atom. The summed E-state index contributed by atoms with van der Waals surface area (Å²) in [5, 5.41) is 4.95. The summed E-state index contributed by atoms with van der Waals surface area (Å²) in [5.41, 5.74) is 3.33. The molecule has 4 nitrogen and oxygen atoms in total. The average molecular weight is 400 g/mol. The van der Waals surface area contributed by atoms with Crippen LogP contribution in [0, 0.1) is 0 Å². The molecule has 1 heterocycles. The number of halogens is 1. The lowest BCUT2D eigenvalue weighted by atomic mass is 10.0. The molecular weight excluding hydrogens is 378 g/mol. The Morgan fingerprint density at radius 1 is 1.15 bits per heavy atom. The predicted molar refractivity (Wildman–Crippen MR) is 112 cm³/mol. The lowest BCUT2D eigenvalue weighted by molar-refractivity contribution is -0.127. The summed E-state index contributed by atoms with van der Waals surface area (Å²) in [7, 11) is 3.70. The van der Waals surface area contributed by atoms with Crippen molar-refractivity contribution in [1.82, 2.24) is 14.7 Å². The quantitative estimate of drug-likeness (QED) is 0.584. The van der Waals surface area contributed by atoms with Crippen LogP contribution in [-0.2, 0) is 18.4 Å². The first-order valence-corrected chi connectivity index (χ1v) is 10.1. The fourth-order valence-electron chi connectivity index (χ4n) is 2.83. The van der Waals surface area contributed by atoms with E-state index in [4.69, 9.17) is 11.6 Å². The van der Waals surface area contributed by atoms with Crippen LogP contribution in [0.15, 0.2) is 67.0 Å². The average Bonchev–Trinajstić information content (AvgIpc) is 3.08. The Hall–Kier alpha value is -2.24. The summed E-state index contributed by atoms with van der Waals surface area (Å²) in [6.07, 6.45) is 3.72. The summed E-state index contributed by atoms with van der Waals surface area (Å²) in [6.45, 7) is 0.560. The fraction of sp³-hybridized carbons (Fsp3) is 0.238. The van der Waals surface area contributed by atoms with E-state index in [1.807, 2.05) is 62.8 Å². The molecule has 0 aliphatic rings. The molecule has 1 atom stereocenters. The molecule has 3 aromatic rings. The van der Waals surface area contributed by atoms with Crippen LogP contribution in [0.4, 0.5) is 0 Å². The van der Waals surface area contributed by atoms with Crippen LogP contribution in [-0.4, -0.2) is 33.4 Å². The van der Waals surface area contributed by atoms with Gasteiger partial charge in [-0.2, -0.15) is 5.10 Å². The highest BCUT2D eigenvalue weighted by molar-refractivity contribution is 8.00. The van der Waals surface area contributed by atoms with Crippen molar-refractivity contribution in [3.05, 3.63) is 88.7 Å². The van der Waals surface area contributed by atoms with Crippen LogP contribution in [0.5, 0.6) is 0 Å². The minimum Gasteiger partial charge on any atom is -0.341 e. The van der Waals surface area contributed by atoms with Gasteiger partial charge in [-0.25, -0.2) is 0 Å². The molecule has 0 fully saturated rings. The monoisotopic (exact) mass is 399 g/mol. The standard InChI is InChI=1S/C21H22ClN3OS/c1-24(13-16-12-23-25(2)14-16)20(26)15-27-21(17-6-4-3-5-7-17)18-8-10-19(22)11-9-18/h3-12,14,21H,13,15H2,1-2H3/t21-/m0/s1. The van der Waals surface area contributed by atoms with E-state index in [-0.39, 0.29) is 11.2 Å². The van der Waals surface area contributed by atoms with Gasteiger partial charge in [-0.1, -0.05) is 54.1 Å². The summed E-state index contributed by atoms with van der Waals surface area (Å²) in [6, 6.07) is 18.1. The minimum atomic E-state index is 0.0826. The zero-order valence-corrected chi connectivity index (χ0v) is 17.0. The Kier molecular flexibility index (Phi) is 6.58. The predicted octanol–water partition coefficient (Wildman–Crippen LogP) is 4.55. The number of aromatic nitrogens is 2. The van der Waals surface area contributed by atoms with Crippen LogP contribution in [0.25, 0.3) is 0 Å². The number of rotatable bonds is 7. The van der Waals surface area contributed by atoms with Crippen molar-refractivity contribution < 1.29 is 4.79 Å². The number of amides is 1. The van der Waals surface area contributed by atoms with E-state index in [0.29, 0.717) is 17.3 Å². The molecular formula is C21H22ClN3OS. The summed E-state index contributed by atoms with van der Waals surface area (Å²) >= 11 is 7.67. The van der Waals surface area contributed by atoms with Crippen molar-refractivity contribution in [3.8, 4) is 0 Å². The second kappa shape index (κ2) is 9.11. The number of aryl methyl sites for hydroxylation is 1. The number of carbonyl (C=O) groups is 1. The van der Waals surface area contributed by atoms with Crippen molar-refractivity contribution in [2.75, 3.05) is 12.8 Å². The smallest absolute Gasteiger partial charge is 0.232 e. The summed E-state index contributed by atoms with van der Waals surface area (Å²) < 4.78 is 1.74. The van der Waals surface area contributed by atoms with Crippen LogP contribution in [0.2, 0.25) is 5.02 Å². The van der Waals surface area contributed by atoms with Gasteiger partial charge in [-0.3, -0.25) is 9.48 Å². The van der Waals surface area contributed by atoms with Gasteiger partial charge in [0.2, 0.25) is 5.91 Å². The molecule has 0 bridgehead atoms. The largest absolute Gasteiger partial charge is 0.341 e. The van der Waals surface area contributed by atoms with Crippen molar-refractivity contribution >= 4 is 29.3 Å². The van der Waals surface area contributed by atoms with Crippen molar-refractivity contribution in [3.63, 3.8) is 0 Å². The number of nitrogens with zero attached hydrogens (tertiary/aromatic N) is 3. The maximum Gasteiger partial charge on any atom is 0.232 e. The highest BCUT2D eigenvalue weighted by atomic mass is 35.5. The van der Waals surface area contributed by atoms with Crippen molar-refractivity contribution in [2.24, 2.45) is 7.05 Å². The van der Waals surface area contributed by atoms with Crippen LogP contribution >= 0.6 is 23.4 Å². The molecule has 0 aliphatic heterocycles. The van der Waals surface area contributed by atoms with E-state index in [1.54, 1.807) is 27.5 Å². The van der Waals surface area contributed by atoms with Gasteiger partial charge in [0.1, 0.15) is 0 Å². The van der Waals surface area contributed by atoms with E-state index >= 15 is 0 Å². The van der Waals surface area contributed by atoms with Gasteiger partial charge in [0.05, 0.1) is 17.2 Å². The fourth-order valence-corrected chi connectivity index (χ4v) is 4.19. The van der Waals surface area contributed by atoms with E-state index in [2.05, 4.69) is 17.2 Å². The molecule has 27 heavy (non-hydrogen) atoms. The molecule has 3 rings (SSSR count). The first kappa shape index (κ1) is 19.5. The summed E-state index contributed by atoms with van der Waals surface area (Å²) in [4.78, 5) is 14.4. The van der Waals surface area contributed by atoms with Gasteiger partial charge in [0, 0.05) is 37.4 Å². The number of hydrogen-bond acceptors (Lipinski definition) is 3. The molecule has 0 aliphatic carbocycles. The first-order chi connectivity index (χ1) is 13.0. The zero-order chi connectivity index (χ0) is 19.2. The normalized spacial score (nSPS) is 12.0. The number of benzene rings is 2. The zero-order valence-electron chi connectivity index (χ0n) is 15.4. The molecule has 0 N–H and O–H groups in total. The van der Waals surface area contributed by atoms with Gasteiger partial charge in [0.15, 0.2) is 0 Å². The minimum absolute atomic E-state index is 0.0826. The van der Waals surface area contributed by atoms with Crippen molar-refractivity contribution in [2.45, 2.75) is 11.8 Å². The van der Waals surface area contributed by atoms with Gasteiger partial charge < -0.3 is 4.90 Å². The lowest BCUT2D eigenvalue weighted by Gasteiger charge is -2.20. The van der Waals surface area contributed by atoms with E-state index in [0.717, 1.165) is 11.1 Å². The maximum atomic E-state index is 12.6. The van der Waals surface area contributed by atoms with Crippen LogP contribution in [0.1, 0.15) is 21.9 Å². The van der Waals surface area contributed by atoms with Gasteiger partial charge in [0.25, 0.3) is 0 Å². The molecule has 1 aromatic heterocycles.